The summed E-state index contributed by atoms with van der Waals surface area (Å²) in [7, 11) is 4.02. The zero-order valence-corrected chi connectivity index (χ0v) is 18.9. The number of thiophene rings is 1. The lowest BCUT2D eigenvalue weighted by molar-refractivity contribution is 0.340. The molecule has 0 fully saturated rings. The van der Waals surface area contributed by atoms with E-state index in [-0.39, 0.29) is 0 Å². The lowest BCUT2D eigenvalue weighted by atomic mass is 10.2. The van der Waals surface area contributed by atoms with E-state index in [2.05, 4.69) is 57.1 Å². The molecule has 0 aliphatic heterocycles. The summed E-state index contributed by atoms with van der Waals surface area (Å²) < 4.78 is 7.51. The standard InChI is InChI=1S/C22H30N6OS/c1-5-29-19-10-8-18(9-11-19)16-27(3)22(23-13-12-20-7-6-14-30-20)24-15-21-26-25-17(2)28(21)4/h6-11,14H,5,12-13,15-16H2,1-4H3,(H,23,24). The third-order valence-corrected chi connectivity index (χ3v) is 5.74. The predicted molar refractivity (Wildman–Crippen MR) is 122 cm³/mol. The van der Waals surface area contributed by atoms with Crippen LogP contribution in [0.1, 0.15) is 29.0 Å². The molecule has 160 valence electrons. The van der Waals surface area contributed by atoms with Gasteiger partial charge in [0, 0.05) is 32.1 Å². The summed E-state index contributed by atoms with van der Waals surface area (Å²) in [5.74, 6) is 3.47. The maximum Gasteiger partial charge on any atom is 0.194 e. The van der Waals surface area contributed by atoms with Crippen LogP contribution < -0.4 is 10.1 Å². The Bertz CT molecular complexity index is 933. The van der Waals surface area contributed by atoms with Crippen molar-refractivity contribution in [2.45, 2.75) is 33.4 Å². The second kappa shape index (κ2) is 10.8. The average Bonchev–Trinajstić information content (AvgIpc) is 3.37. The number of hydrogen-bond acceptors (Lipinski definition) is 5. The number of guanidine groups is 1. The van der Waals surface area contributed by atoms with Gasteiger partial charge in [0.1, 0.15) is 18.1 Å². The molecule has 0 saturated carbocycles. The second-order valence-electron chi connectivity index (χ2n) is 7.05. The van der Waals surface area contributed by atoms with Crippen molar-refractivity contribution in [3.8, 4) is 5.75 Å². The van der Waals surface area contributed by atoms with Crippen LogP contribution in [0.15, 0.2) is 46.8 Å². The molecule has 1 N–H and O–H groups in total. The Morgan fingerprint density at radius 2 is 2.03 bits per heavy atom. The molecule has 0 aliphatic carbocycles. The highest BCUT2D eigenvalue weighted by atomic mass is 32.1. The van der Waals surface area contributed by atoms with E-state index in [4.69, 9.17) is 9.73 Å². The van der Waals surface area contributed by atoms with Crippen molar-refractivity contribution in [1.29, 1.82) is 0 Å². The van der Waals surface area contributed by atoms with Crippen molar-refractivity contribution in [2.24, 2.45) is 12.0 Å². The highest BCUT2D eigenvalue weighted by molar-refractivity contribution is 7.09. The van der Waals surface area contributed by atoms with E-state index >= 15 is 0 Å². The van der Waals surface area contributed by atoms with Gasteiger partial charge >= 0.3 is 0 Å². The summed E-state index contributed by atoms with van der Waals surface area (Å²) in [5.41, 5.74) is 1.20. The summed E-state index contributed by atoms with van der Waals surface area (Å²) in [6.45, 7) is 6.65. The van der Waals surface area contributed by atoms with Gasteiger partial charge in [-0.1, -0.05) is 18.2 Å². The van der Waals surface area contributed by atoms with E-state index < -0.39 is 0 Å². The third kappa shape index (κ3) is 6.06. The number of aryl methyl sites for hydroxylation is 1. The minimum atomic E-state index is 0.478. The van der Waals surface area contributed by atoms with E-state index in [1.807, 2.05) is 37.6 Å². The number of aromatic nitrogens is 3. The largest absolute Gasteiger partial charge is 0.494 e. The van der Waals surface area contributed by atoms with E-state index in [1.165, 1.54) is 10.4 Å². The molecule has 2 aromatic heterocycles. The van der Waals surface area contributed by atoms with Crippen LogP contribution in [0.4, 0.5) is 0 Å². The van der Waals surface area contributed by atoms with Gasteiger partial charge in [0.15, 0.2) is 11.8 Å². The minimum Gasteiger partial charge on any atom is -0.494 e. The molecule has 0 atom stereocenters. The molecule has 7 nitrogen and oxygen atoms in total. The Hall–Kier alpha value is -2.87. The van der Waals surface area contributed by atoms with Crippen LogP contribution in [0.25, 0.3) is 0 Å². The quantitative estimate of drug-likeness (QED) is 0.420. The molecule has 8 heteroatoms. The Labute approximate surface area is 182 Å². The maximum atomic E-state index is 5.54. The number of aliphatic imine (C=N–C) groups is 1. The highest BCUT2D eigenvalue weighted by Crippen LogP contribution is 2.14. The van der Waals surface area contributed by atoms with Gasteiger partial charge in [0.05, 0.1) is 6.61 Å². The Balaban J connectivity index is 1.67. The van der Waals surface area contributed by atoms with Crippen molar-refractivity contribution in [3.63, 3.8) is 0 Å². The molecule has 0 radical (unpaired) electrons. The number of nitrogens with one attached hydrogen (secondary N) is 1. The number of rotatable bonds is 9. The van der Waals surface area contributed by atoms with Crippen LogP contribution in [-0.2, 0) is 26.6 Å². The molecule has 30 heavy (non-hydrogen) atoms. The molecule has 3 rings (SSSR count). The number of ether oxygens (including phenoxy) is 1. The first-order chi connectivity index (χ1) is 14.6. The zero-order valence-electron chi connectivity index (χ0n) is 18.1. The van der Waals surface area contributed by atoms with E-state index in [9.17, 15) is 0 Å². The number of nitrogens with zero attached hydrogens (tertiary/aromatic N) is 5. The lowest BCUT2D eigenvalue weighted by Crippen LogP contribution is -2.39. The van der Waals surface area contributed by atoms with Gasteiger partial charge in [-0.15, -0.1) is 21.5 Å². The highest BCUT2D eigenvalue weighted by Gasteiger charge is 2.10. The van der Waals surface area contributed by atoms with Crippen LogP contribution >= 0.6 is 11.3 Å². The molecule has 0 bridgehead atoms. The molecule has 0 aliphatic rings. The molecule has 3 aromatic rings. The van der Waals surface area contributed by atoms with Crippen molar-refractivity contribution >= 4 is 17.3 Å². The topological polar surface area (TPSA) is 67.6 Å². The minimum absolute atomic E-state index is 0.478. The second-order valence-corrected chi connectivity index (χ2v) is 8.08. The molecule has 0 amide bonds. The van der Waals surface area contributed by atoms with Gasteiger partial charge in [-0.05, 0) is 49.4 Å². The van der Waals surface area contributed by atoms with Gasteiger partial charge in [-0.3, -0.25) is 0 Å². The lowest BCUT2D eigenvalue weighted by Gasteiger charge is -2.23. The van der Waals surface area contributed by atoms with Crippen molar-refractivity contribution in [2.75, 3.05) is 20.2 Å². The van der Waals surface area contributed by atoms with E-state index in [0.29, 0.717) is 13.2 Å². The summed E-state index contributed by atoms with van der Waals surface area (Å²) in [6.07, 6.45) is 0.969. The summed E-state index contributed by atoms with van der Waals surface area (Å²) in [6, 6.07) is 12.5. The SMILES string of the molecule is CCOc1ccc(CN(C)C(=NCc2nnc(C)n2C)NCCc2cccs2)cc1. The fraction of sp³-hybridized carbons (Fsp3) is 0.409. The van der Waals surface area contributed by atoms with Gasteiger partial charge in [-0.2, -0.15) is 0 Å². The Kier molecular flexibility index (Phi) is 7.84. The summed E-state index contributed by atoms with van der Waals surface area (Å²) in [5, 5.41) is 14.0. The fourth-order valence-corrected chi connectivity index (χ4v) is 3.71. The van der Waals surface area contributed by atoms with Crippen LogP contribution in [-0.4, -0.2) is 45.8 Å². The predicted octanol–water partition coefficient (Wildman–Crippen LogP) is 3.40. The monoisotopic (exact) mass is 426 g/mol. The molecule has 0 spiro atoms. The molecular weight excluding hydrogens is 396 g/mol. The van der Waals surface area contributed by atoms with Crippen LogP contribution in [0.5, 0.6) is 5.75 Å². The Morgan fingerprint density at radius 3 is 2.67 bits per heavy atom. The Morgan fingerprint density at radius 1 is 1.23 bits per heavy atom. The fourth-order valence-electron chi connectivity index (χ4n) is 3.00. The smallest absolute Gasteiger partial charge is 0.194 e. The first-order valence-electron chi connectivity index (χ1n) is 10.1. The third-order valence-electron chi connectivity index (χ3n) is 4.80. The van der Waals surface area contributed by atoms with E-state index in [0.717, 1.165) is 42.9 Å². The number of benzene rings is 1. The number of hydrogen-bond donors (Lipinski definition) is 1. The molecular formula is C22H30N6OS. The van der Waals surface area contributed by atoms with Crippen LogP contribution in [0, 0.1) is 6.92 Å². The zero-order chi connectivity index (χ0) is 21.3. The van der Waals surface area contributed by atoms with Crippen LogP contribution in [0.3, 0.4) is 0 Å². The van der Waals surface area contributed by atoms with Gasteiger partial charge in [0.2, 0.25) is 0 Å². The van der Waals surface area contributed by atoms with Crippen molar-refractivity contribution < 1.29 is 4.74 Å². The first kappa shape index (κ1) is 21.8. The summed E-state index contributed by atoms with van der Waals surface area (Å²) in [4.78, 5) is 8.31. The summed E-state index contributed by atoms with van der Waals surface area (Å²) >= 11 is 1.78. The first-order valence-corrected chi connectivity index (χ1v) is 11.0. The molecule has 1 aromatic carbocycles. The maximum absolute atomic E-state index is 5.54. The van der Waals surface area contributed by atoms with Crippen molar-refractivity contribution in [1.82, 2.24) is 25.0 Å². The van der Waals surface area contributed by atoms with Gasteiger partial charge in [0.25, 0.3) is 0 Å². The molecule has 0 saturated heterocycles. The van der Waals surface area contributed by atoms with E-state index in [1.54, 1.807) is 11.3 Å². The molecule has 2 heterocycles. The molecule has 0 unspecified atom stereocenters. The van der Waals surface area contributed by atoms with Crippen LogP contribution in [0.2, 0.25) is 0 Å². The van der Waals surface area contributed by atoms with Gasteiger partial charge in [-0.25, -0.2) is 4.99 Å². The normalized spacial score (nSPS) is 11.5. The average molecular weight is 427 g/mol. The van der Waals surface area contributed by atoms with Crippen molar-refractivity contribution in [3.05, 3.63) is 63.9 Å². The van der Waals surface area contributed by atoms with Gasteiger partial charge < -0.3 is 19.5 Å².